The van der Waals surface area contributed by atoms with E-state index in [0.29, 0.717) is 18.8 Å². The van der Waals surface area contributed by atoms with Crippen LogP contribution >= 0.6 is 0 Å². The van der Waals surface area contributed by atoms with Crippen LogP contribution in [0.3, 0.4) is 0 Å². The maximum Gasteiger partial charge on any atom is 0.313 e. The highest BCUT2D eigenvalue weighted by Crippen LogP contribution is 2.22. The molecule has 1 fully saturated rings. The van der Waals surface area contributed by atoms with Gasteiger partial charge >= 0.3 is 11.8 Å². The van der Waals surface area contributed by atoms with Crippen molar-refractivity contribution in [3.8, 4) is 0 Å². The fourth-order valence-electron chi connectivity index (χ4n) is 2.57. The maximum atomic E-state index is 11.9. The highest BCUT2D eigenvalue weighted by Gasteiger charge is 2.19. The van der Waals surface area contributed by atoms with Crippen molar-refractivity contribution in [3.63, 3.8) is 0 Å². The maximum absolute atomic E-state index is 11.9. The van der Waals surface area contributed by atoms with Gasteiger partial charge in [0, 0.05) is 37.6 Å². The zero-order valence-electron chi connectivity index (χ0n) is 12.8. The average molecular weight is 289 g/mol. The van der Waals surface area contributed by atoms with Crippen LogP contribution < -0.4 is 10.2 Å². The molecule has 1 heterocycles. The molecule has 1 N–H and O–H groups in total. The fraction of sp³-hybridized carbons (Fsp3) is 0.500. The number of carbonyl (C=O) groups is 2. The molecule has 0 aliphatic carbocycles. The van der Waals surface area contributed by atoms with E-state index in [9.17, 15) is 9.59 Å². The van der Waals surface area contributed by atoms with Crippen LogP contribution in [-0.2, 0) is 9.59 Å². The Hall–Kier alpha value is -2.04. The second-order valence-corrected chi connectivity index (χ2v) is 5.17. The van der Waals surface area contributed by atoms with Crippen LogP contribution in [0.5, 0.6) is 0 Å². The van der Waals surface area contributed by atoms with E-state index in [-0.39, 0.29) is 0 Å². The van der Waals surface area contributed by atoms with Crippen molar-refractivity contribution >= 4 is 23.2 Å². The molecular formula is C16H23N3O2. The quantitative estimate of drug-likeness (QED) is 0.864. The summed E-state index contributed by atoms with van der Waals surface area (Å²) in [5, 5.41) is 2.66. The molecular weight excluding hydrogens is 266 g/mol. The predicted octanol–water partition coefficient (Wildman–Crippen LogP) is 2.09. The standard InChI is InChI=1S/C16H23N3O2/c1-3-18(4-2)16(21)15(20)17-13-7-9-14(10-8-13)19-11-5-6-12-19/h7-10H,3-6,11-12H2,1-2H3,(H,17,20). The lowest BCUT2D eigenvalue weighted by molar-refractivity contribution is -0.142. The molecule has 0 aromatic heterocycles. The van der Waals surface area contributed by atoms with Gasteiger partial charge in [0.25, 0.3) is 0 Å². The molecule has 0 unspecified atom stereocenters. The third-order valence-electron chi connectivity index (χ3n) is 3.84. The molecule has 0 bridgehead atoms. The van der Waals surface area contributed by atoms with Gasteiger partial charge in [-0.25, -0.2) is 0 Å². The Morgan fingerprint density at radius 1 is 1.10 bits per heavy atom. The topological polar surface area (TPSA) is 52.7 Å². The molecule has 0 atom stereocenters. The smallest absolute Gasteiger partial charge is 0.313 e. The van der Waals surface area contributed by atoms with Crippen LogP contribution in [0.25, 0.3) is 0 Å². The summed E-state index contributed by atoms with van der Waals surface area (Å²) in [6, 6.07) is 7.67. The van der Waals surface area contributed by atoms with Crippen molar-refractivity contribution in [2.45, 2.75) is 26.7 Å². The normalized spacial score (nSPS) is 14.1. The largest absolute Gasteiger partial charge is 0.372 e. The van der Waals surface area contributed by atoms with Crippen molar-refractivity contribution in [1.29, 1.82) is 0 Å². The number of anilines is 2. The number of hydrogen-bond donors (Lipinski definition) is 1. The molecule has 1 aromatic rings. The van der Waals surface area contributed by atoms with Crippen LogP contribution in [0.4, 0.5) is 11.4 Å². The zero-order valence-corrected chi connectivity index (χ0v) is 12.8. The van der Waals surface area contributed by atoms with Crippen LogP contribution in [0.15, 0.2) is 24.3 Å². The Labute approximate surface area is 125 Å². The molecule has 0 radical (unpaired) electrons. The Bertz CT molecular complexity index is 489. The number of nitrogens with zero attached hydrogens (tertiary/aromatic N) is 2. The number of nitrogens with one attached hydrogen (secondary N) is 1. The van der Waals surface area contributed by atoms with E-state index in [2.05, 4.69) is 10.2 Å². The van der Waals surface area contributed by atoms with Gasteiger partial charge in [-0.1, -0.05) is 0 Å². The van der Waals surface area contributed by atoms with E-state index >= 15 is 0 Å². The predicted molar refractivity (Wildman–Crippen MR) is 84.4 cm³/mol. The molecule has 2 rings (SSSR count). The van der Waals surface area contributed by atoms with Crippen LogP contribution in [-0.4, -0.2) is 42.9 Å². The minimum atomic E-state index is -0.576. The molecule has 0 saturated carbocycles. The SMILES string of the molecule is CCN(CC)C(=O)C(=O)Nc1ccc(N2CCCC2)cc1. The lowest BCUT2D eigenvalue weighted by atomic mass is 10.2. The summed E-state index contributed by atoms with van der Waals surface area (Å²) < 4.78 is 0. The van der Waals surface area contributed by atoms with Gasteiger partial charge in [-0.3, -0.25) is 9.59 Å². The first-order chi connectivity index (χ1) is 10.2. The third-order valence-corrected chi connectivity index (χ3v) is 3.84. The Balaban J connectivity index is 1.96. The highest BCUT2D eigenvalue weighted by molar-refractivity contribution is 6.39. The Morgan fingerprint density at radius 2 is 1.67 bits per heavy atom. The number of rotatable bonds is 4. The molecule has 2 amide bonds. The lowest BCUT2D eigenvalue weighted by Crippen LogP contribution is -2.39. The zero-order chi connectivity index (χ0) is 15.2. The van der Waals surface area contributed by atoms with E-state index < -0.39 is 11.8 Å². The van der Waals surface area contributed by atoms with E-state index in [1.807, 2.05) is 38.1 Å². The summed E-state index contributed by atoms with van der Waals surface area (Å²) in [6.07, 6.45) is 2.47. The first-order valence-corrected chi connectivity index (χ1v) is 7.61. The van der Waals surface area contributed by atoms with Gasteiger partial charge in [-0.05, 0) is 51.0 Å². The van der Waals surface area contributed by atoms with Crippen molar-refractivity contribution in [2.75, 3.05) is 36.4 Å². The number of carbonyl (C=O) groups excluding carboxylic acids is 2. The Morgan fingerprint density at radius 3 is 2.19 bits per heavy atom. The third kappa shape index (κ3) is 3.74. The molecule has 1 aromatic carbocycles. The molecule has 114 valence electrons. The van der Waals surface area contributed by atoms with Crippen molar-refractivity contribution < 1.29 is 9.59 Å². The second-order valence-electron chi connectivity index (χ2n) is 5.17. The van der Waals surface area contributed by atoms with Gasteiger partial charge in [0.05, 0.1) is 0 Å². The molecule has 5 nitrogen and oxygen atoms in total. The van der Waals surface area contributed by atoms with Gasteiger partial charge in [0.15, 0.2) is 0 Å². The first kappa shape index (κ1) is 15.4. The number of benzene rings is 1. The van der Waals surface area contributed by atoms with Crippen molar-refractivity contribution in [1.82, 2.24) is 4.90 Å². The lowest BCUT2D eigenvalue weighted by Gasteiger charge is -2.19. The van der Waals surface area contributed by atoms with Gasteiger partial charge in [0.2, 0.25) is 0 Å². The molecule has 1 aliphatic rings. The monoisotopic (exact) mass is 289 g/mol. The van der Waals surface area contributed by atoms with E-state index in [1.165, 1.54) is 23.4 Å². The van der Waals surface area contributed by atoms with Gasteiger partial charge < -0.3 is 15.1 Å². The van der Waals surface area contributed by atoms with Crippen LogP contribution in [0.1, 0.15) is 26.7 Å². The van der Waals surface area contributed by atoms with Gasteiger partial charge in [0.1, 0.15) is 0 Å². The summed E-state index contributed by atoms with van der Waals surface area (Å²) in [7, 11) is 0. The average Bonchev–Trinajstić information content (AvgIpc) is 3.03. The van der Waals surface area contributed by atoms with Crippen LogP contribution in [0, 0.1) is 0 Å². The highest BCUT2D eigenvalue weighted by atomic mass is 16.2. The minimum absolute atomic E-state index is 0.483. The van der Waals surface area contributed by atoms with Gasteiger partial charge in [-0.2, -0.15) is 0 Å². The summed E-state index contributed by atoms with van der Waals surface area (Å²) in [4.78, 5) is 27.6. The molecule has 21 heavy (non-hydrogen) atoms. The molecule has 5 heteroatoms. The van der Waals surface area contributed by atoms with Crippen molar-refractivity contribution in [3.05, 3.63) is 24.3 Å². The minimum Gasteiger partial charge on any atom is -0.372 e. The van der Waals surface area contributed by atoms with Crippen LogP contribution in [0.2, 0.25) is 0 Å². The van der Waals surface area contributed by atoms with E-state index in [4.69, 9.17) is 0 Å². The van der Waals surface area contributed by atoms with E-state index in [0.717, 1.165) is 13.1 Å². The number of hydrogen-bond acceptors (Lipinski definition) is 3. The summed E-state index contributed by atoms with van der Waals surface area (Å²) in [5.41, 5.74) is 1.82. The van der Waals surface area contributed by atoms with E-state index in [1.54, 1.807) is 0 Å². The molecule has 0 spiro atoms. The first-order valence-electron chi connectivity index (χ1n) is 7.61. The second kappa shape index (κ2) is 7.11. The number of likely N-dealkylation sites (N-methyl/N-ethyl adjacent to an activating group) is 1. The summed E-state index contributed by atoms with van der Waals surface area (Å²) in [5.74, 6) is -1.06. The van der Waals surface area contributed by atoms with Gasteiger partial charge in [-0.15, -0.1) is 0 Å². The van der Waals surface area contributed by atoms with Crippen molar-refractivity contribution in [2.24, 2.45) is 0 Å². The molecule has 1 saturated heterocycles. The fourth-order valence-corrected chi connectivity index (χ4v) is 2.57. The summed E-state index contributed by atoms with van der Waals surface area (Å²) in [6.45, 7) is 6.98. The Kier molecular flexibility index (Phi) is 5.20. The molecule has 1 aliphatic heterocycles. The summed E-state index contributed by atoms with van der Waals surface area (Å²) >= 11 is 0. The number of amides is 2.